The third-order valence-electron chi connectivity index (χ3n) is 2.77. The van der Waals surface area contributed by atoms with Crippen LogP contribution in [-0.4, -0.2) is 35.4 Å². The lowest BCUT2D eigenvalue weighted by Gasteiger charge is -2.23. The number of alkyl carbamates (subject to hydrolysis) is 1. The average Bonchev–Trinajstić information content (AvgIpc) is 2.41. The van der Waals surface area contributed by atoms with Crippen LogP contribution in [0.25, 0.3) is 0 Å². The lowest BCUT2D eigenvalue weighted by Crippen LogP contribution is -2.41. The minimum Gasteiger partial charge on any atom is -0.491 e. The van der Waals surface area contributed by atoms with Crippen molar-refractivity contribution in [2.24, 2.45) is 0 Å². The number of carboxylic acid groups (broad SMARTS) is 1. The van der Waals surface area contributed by atoms with E-state index in [0.29, 0.717) is 12.2 Å². The van der Waals surface area contributed by atoms with Gasteiger partial charge in [-0.1, -0.05) is 6.92 Å². The number of hydrogen-bond acceptors (Lipinski definition) is 4. The van der Waals surface area contributed by atoms with E-state index in [1.807, 2.05) is 6.92 Å². The fourth-order valence-electron chi connectivity index (χ4n) is 1.63. The van der Waals surface area contributed by atoms with Gasteiger partial charge in [-0.3, -0.25) is 0 Å². The highest BCUT2D eigenvalue weighted by Crippen LogP contribution is 2.13. The first-order chi connectivity index (χ1) is 10.2. The maximum Gasteiger partial charge on any atom is 0.407 e. The lowest BCUT2D eigenvalue weighted by atomic mass is 10.2. The Morgan fingerprint density at radius 3 is 2.27 bits per heavy atom. The molecule has 0 bridgehead atoms. The zero-order chi connectivity index (χ0) is 16.8. The topological polar surface area (TPSA) is 84.9 Å². The van der Waals surface area contributed by atoms with Gasteiger partial charge in [0.15, 0.2) is 0 Å². The Morgan fingerprint density at radius 1 is 1.23 bits per heavy atom. The second kappa shape index (κ2) is 7.68. The van der Waals surface area contributed by atoms with Crippen molar-refractivity contribution in [3.05, 3.63) is 29.8 Å². The second-order valence-corrected chi connectivity index (χ2v) is 5.89. The van der Waals surface area contributed by atoms with E-state index in [-0.39, 0.29) is 18.2 Å². The Balaban J connectivity index is 2.49. The number of ether oxygens (including phenoxy) is 2. The number of nitrogens with one attached hydrogen (secondary N) is 1. The van der Waals surface area contributed by atoms with Gasteiger partial charge in [-0.05, 0) is 51.5 Å². The molecule has 0 fully saturated rings. The van der Waals surface area contributed by atoms with E-state index in [4.69, 9.17) is 14.6 Å². The van der Waals surface area contributed by atoms with Gasteiger partial charge in [0, 0.05) is 0 Å². The molecular formula is C16H23NO5. The Bertz CT molecular complexity index is 504. The normalized spacial score (nSPS) is 12.4. The molecule has 0 aromatic heterocycles. The summed E-state index contributed by atoms with van der Waals surface area (Å²) in [7, 11) is 0. The van der Waals surface area contributed by atoms with E-state index in [9.17, 15) is 9.59 Å². The van der Waals surface area contributed by atoms with Crippen molar-refractivity contribution in [2.75, 3.05) is 6.61 Å². The number of carbonyl (C=O) groups excluding carboxylic acids is 1. The molecule has 0 heterocycles. The summed E-state index contributed by atoms with van der Waals surface area (Å²) < 4.78 is 10.8. The monoisotopic (exact) mass is 309 g/mol. The number of carboxylic acids is 1. The summed E-state index contributed by atoms with van der Waals surface area (Å²) in [6.45, 7) is 7.61. The van der Waals surface area contributed by atoms with Gasteiger partial charge in [0.25, 0.3) is 0 Å². The molecule has 0 aliphatic rings. The van der Waals surface area contributed by atoms with Gasteiger partial charge in [0.05, 0.1) is 11.6 Å². The van der Waals surface area contributed by atoms with Crippen molar-refractivity contribution >= 4 is 12.1 Å². The van der Waals surface area contributed by atoms with Crippen LogP contribution in [0.2, 0.25) is 0 Å². The van der Waals surface area contributed by atoms with Crippen molar-refractivity contribution in [1.29, 1.82) is 0 Å². The van der Waals surface area contributed by atoms with Gasteiger partial charge in [0.1, 0.15) is 18.0 Å². The van der Waals surface area contributed by atoms with Gasteiger partial charge in [-0.25, -0.2) is 9.59 Å². The highest BCUT2D eigenvalue weighted by Gasteiger charge is 2.19. The van der Waals surface area contributed by atoms with E-state index in [1.165, 1.54) is 12.1 Å². The van der Waals surface area contributed by atoms with Gasteiger partial charge < -0.3 is 19.9 Å². The van der Waals surface area contributed by atoms with Gasteiger partial charge >= 0.3 is 12.1 Å². The number of amides is 1. The van der Waals surface area contributed by atoms with Crippen LogP contribution in [0.5, 0.6) is 5.75 Å². The molecular weight excluding hydrogens is 286 g/mol. The Hall–Kier alpha value is -2.24. The maximum atomic E-state index is 11.7. The standard InChI is InChI=1S/C16H23NO5/c1-5-12(17-15(20)22-16(2,3)4)10-21-13-8-6-11(7-9-13)14(18)19/h6-9,12H,5,10H2,1-4H3,(H,17,20)(H,18,19). The molecule has 0 radical (unpaired) electrons. The molecule has 1 atom stereocenters. The third kappa shape index (κ3) is 6.47. The summed E-state index contributed by atoms with van der Waals surface area (Å²) in [5.41, 5.74) is -0.345. The number of benzene rings is 1. The second-order valence-electron chi connectivity index (χ2n) is 5.89. The molecule has 0 spiro atoms. The predicted molar refractivity (Wildman–Crippen MR) is 82.3 cm³/mol. The molecule has 1 aromatic carbocycles. The Labute approximate surface area is 130 Å². The summed E-state index contributed by atoms with van der Waals surface area (Å²) in [6.07, 6.45) is 0.205. The molecule has 1 unspecified atom stereocenters. The minimum absolute atomic E-state index is 0.186. The van der Waals surface area contributed by atoms with Crippen LogP contribution >= 0.6 is 0 Å². The van der Waals surface area contributed by atoms with Crippen molar-refractivity contribution in [3.8, 4) is 5.75 Å². The third-order valence-corrected chi connectivity index (χ3v) is 2.77. The summed E-state index contributed by atoms with van der Waals surface area (Å²) in [5, 5.41) is 11.6. The van der Waals surface area contributed by atoms with Crippen LogP contribution in [0.15, 0.2) is 24.3 Å². The molecule has 6 nitrogen and oxygen atoms in total. The Morgan fingerprint density at radius 2 is 1.82 bits per heavy atom. The van der Waals surface area contributed by atoms with Crippen LogP contribution in [0, 0.1) is 0 Å². The predicted octanol–water partition coefficient (Wildman–Crippen LogP) is 3.07. The van der Waals surface area contributed by atoms with Gasteiger partial charge in [-0.15, -0.1) is 0 Å². The van der Waals surface area contributed by atoms with Gasteiger partial charge in [-0.2, -0.15) is 0 Å². The molecule has 22 heavy (non-hydrogen) atoms. The van der Waals surface area contributed by atoms with Crippen molar-refractivity contribution < 1.29 is 24.2 Å². The largest absolute Gasteiger partial charge is 0.491 e. The number of carbonyl (C=O) groups is 2. The van der Waals surface area contributed by atoms with Crippen LogP contribution < -0.4 is 10.1 Å². The van der Waals surface area contributed by atoms with Gasteiger partial charge in [0.2, 0.25) is 0 Å². The first-order valence-corrected chi connectivity index (χ1v) is 7.17. The molecule has 1 aromatic rings. The van der Waals surface area contributed by atoms with E-state index < -0.39 is 17.7 Å². The summed E-state index contributed by atoms with van der Waals surface area (Å²) in [4.78, 5) is 22.5. The van der Waals surface area contributed by atoms with E-state index in [0.717, 1.165) is 0 Å². The SMILES string of the molecule is CCC(COc1ccc(C(=O)O)cc1)NC(=O)OC(C)(C)C. The van der Waals surface area contributed by atoms with Crippen LogP contribution in [0.3, 0.4) is 0 Å². The molecule has 0 saturated carbocycles. The molecule has 6 heteroatoms. The van der Waals surface area contributed by atoms with Crippen molar-refractivity contribution in [1.82, 2.24) is 5.32 Å². The summed E-state index contributed by atoms with van der Waals surface area (Å²) >= 11 is 0. The smallest absolute Gasteiger partial charge is 0.407 e. The first-order valence-electron chi connectivity index (χ1n) is 7.17. The van der Waals surface area contributed by atoms with Crippen molar-refractivity contribution in [3.63, 3.8) is 0 Å². The summed E-state index contributed by atoms with van der Waals surface area (Å²) in [6, 6.07) is 5.93. The Kier molecular flexibility index (Phi) is 6.22. The number of hydrogen-bond donors (Lipinski definition) is 2. The zero-order valence-electron chi connectivity index (χ0n) is 13.4. The van der Waals surface area contributed by atoms with Crippen LogP contribution in [-0.2, 0) is 4.74 Å². The molecule has 0 aliphatic heterocycles. The highest BCUT2D eigenvalue weighted by molar-refractivity contribution is 5.87. The first kappa shape index (κ1) is 17.8. The number of aromatic carboxylic acids is 1. The van der Waals surface area contributed by atoms with E-state index in [1.54, 1.807) is 32.9 Å². The fourth-order valence-corrected chi connectivity index (χ4v) is 1.63. The fraction of sp³-hybridized carbons (Fsp3) is 0.500. The number of rotatable bonds is 6. The average molecular weight is 309 g/mol. The minimum atomic E-state index is -0.982. The van der Waals surface area contributed by atoms with Crippen molar-refractivity contribution in [2.45, 2.75) is 45.8 Å². The van der Waals surface area contributed by atoms with E-state index in [2.05, 4.69) is 5.32 Å². The molecule has 1 rings (SSSR count). The molecule has 122 valence electrons. The quantitative estimate of drug-likeness (QED) is 0.843. The molecule has 0 saturated heterocycles. The highest BCUT2D eigenvalue weighted by atomic mass is 16.6. The zero-order valence-corrected chi connectivity index (χ0v) is 13.4. The lowest BCUT2D eigenvalue weighted by molar-refractivity contribution is 0.0485. The van der Waals surface area contributed by atoms with Crippen LogP contribution in [0.4, 0.5) is 4.79 Å². The maximum absolute atomic E-state index is 11.7. The molecule has 0 aliphatic carbocycles. The summed E-state index contributed by atoms with van der Waals surface area (Å²) in [5.74, 6) is -0.431. The van der Waals surface area contributed by atoms with E-state index >= 15 is 0 Å². The van der Waals surface area contributed by atoms with Crippen LogP contribution in [0.1, 0.15) is 44.5 Å². The molecule has 1 amide bonds. The molecule has 2 N–H and O–H groups in total.